The van der Waals surface area contributed by atoms with Crippen molar-refractivity contribution < 1.29 is 9.47 Å². The summed E-state index contributed by atoms with van der Waals surface area (Å²) in [6.45, 7) is 9.03. The second-order valence-electron chi connectivity index (χ2n) is 4.30. The van der Waals surface area contributed by atoms with E-state index in [-0.39, 0.29) is 5.79 Å². The van der Waals surface area contributed by atoms with Crippen molar-refractivity contribution in [3.8, 4) is 0 Å². The van der Waals surface area contributed by atoms with Crippen LogP contribution in [-0.2, 0) is 9.47 Å². The molecule has 0 aromatic rings. The van der Waals surface area contributed by atoms with Crippen LogP contribution in [0.1, 0.15) is 40.0 Å². The van der Waals surface area contributed by atoms with Gasteiger partial charge in [-0.15, -0.1) is 0 Å². The maximum absolute atomic E-state index is 5.71. The van der Waals surface area contributed by atoms with Crippen molar-refractivity contribution in [2.45, 2.75) is 51.9 Å². The highest BCUT2D eigenvalue weighted by Gasteiger charge is 2.31. The third kappa shape index (κ3) is 4.40. The van der Waals surface area contributed by atoms with Gasteiger partial charge < -0.3 is 14.8 Å². The van der Waals surface area contributed by atoms with Gasteiger partial charge in [0.1, 0.15) is 0 Å². The fourth-order valence-corrected chi connectivity index (χ4v) is 1.70. The monoisotopic (exact) mass is 201 g/mol. The molecule has 0 amide bonds. The Morgan fingerprint density at radius 2 is 2.14 bits per heavy atom. The van der Waals surface area contributed by atoms with E-state index < -0.39 is 0 Å². The molecular weight excluding hydrogens is 178 g/mol. The van der Waals surface area contributed by atoms with Gasteiger partial charge in [-0.3, -0.25) is 0 Å². The fraction of sp³-hybridized carbons (Fsp3) is 1.00. The second kappa shape index (κ2) is 5.69. The van der Waals surface area contributed by atoms with Crippen LogP contribution in [0, 0.1) is 0 Å². The van der Waals surface area contributed by atoms with Crippen LogP contribution in [-0.4, -0.2) is 31.6 Å². The number of rotatable bonds is 6. The summed E-state index contributed by atoms with van der Waals surface area (Å²) < 4.78 is 11.2. The number of hydrogen-bond donors (Lipinski definition) is 1. The summed E-state index contributed by atoms with van der Waals surface area (Å²) in [6.07, 6.45) is 3.88. The molecule has 1 aliphatic rings. The molecule has 1 aliphatic heterocycles. The summed E-state index contributed by atoms with van der Waals surface area (Å²) in [5.74, 6) is -0.355. The van der Waals surface area contributed by atoms with Crippen molar-refractivity contribution in [1.82, 2.24) is 5.32 Å². The van der Waals surface area contributed by atoms with Crippen LogP contribution in [0.4, 0.5) is 0 Å². The van der Waals surface area contributed by atoms with E-state index in [1.54, 1.807) is 0 Å². The van der Waals surface area contributed by atoms with Crippen molar-refractivity contribution in [3.05, 3.63) is 0 Å². The molecule has 14 heavy (non-hydrogen) atoms. The number of nitrogens with one attached hydrogen (secondary N) is 1. The minimum atomic E-state index is -0.355. The first-order valence-corrected chi connectivity index (χ1v) is 5.66. The van der Waals surface area contributed by atoms with Crippen LogP contribution in [0.15, 0.2) is 0 Å². The van der Waals surface area contributed by atoms with E-state index in [9.17, 15) is 0 Å². The highest BCUT2D eigenvalue weighted by Crippen LogP contribution is 2.24. The molecule has 0 spiro atoms. The zero-order valence-corrected chi connectivity index (χ0v) is 9.64. The summed E-state index contributed by atoms with van der Waals surface area (Å²) in [6, 6.07) is 0. The highest BCUT2D eigenvalue weighted by atomic mass is 16.7. The zero-order chi connectivity index (χ0) is 10.4. The molecule has 84 valence electrons. The minimum Gasteiger partial charge on any atom is -0.348 e. The van der Waals surface area contributed by atoms with Crippen molar-refractivity contribution >= 4 is 0 Å². The van der Waals surface area contributed by atoms with E-state index >= 15 is 0 Å². The molecule has 1 atom stereocenters. The maximum Gasteiger partial charge on any atom is 0.163 e. The molecule has 1 fully saturated rings. The Kier molecular flexibility index (Phi) is 4.85. The van der Waals surface area contributed by atoms with Gasteiger partial charge in [-0.1, -0.05) is 6.92 Å². The van der Waals surface area contributed by atoms with Gasteiger partial charge in [0, 0.05) is 0 Å². The zero-order valence-electron chi connectivity index (χ0n) is 9.64. The molecule has 0 radical (unpaired) electrons. The van der Waals surface area contributed by atoms with E-state index in [1.807, 2.05) is 13.8 Å². The first-order chi connectivity index (χ1) is 6.64. The molecule has 0 aromatic heterocycles. The summed E-state index contributed by atoms with van der Waals surface area (Å²) in [5, 5.41) is 3.32. The van der Waals surface area contributed by atoms with Crippen LogP contribution in [0.5, 0.6) is 0 Å². The summed E-state index contributed by atoms with van der Waals surface area (Å²) in [5.41, 5.74) is 0. The lowest BCUT2D eigenvalue weighted by atomic mass is 10.1. The van der Waals surface area contributed by atoms with Crippen molar-refractivity contribution in [3.63, 3.8) is 0 Å². The SMILES string of the molecule is CCNCCCCC1COC(C)(C)O1. The molecule has 1 saturated heterocycles. The van der Waals surface area contributed by atoms with E-state index in [0.29, 0.717) is 6.10 Å². The average molecular weight is 201 g/mol. The first-order valence-electron chi connectivity index (χ1n) is 5.66. The number of unbranched alkanes of at least 4 members (excludes halogenated alkanes) is 1. The van der Waals surface area contributed by atoms with Crippen LogP contribution >= 0.6 is 0 Å². The number of ether oxygens (including phenoxy) is 2. The van der Waals surface area contributed by atoms with E-state index in [4.69, 9.17) is 9.47 Å². The van der Waals surface area contributed by atoms with Crippen LogP contribution in [0.2, 0.25) is 0 Å². The lowest BCUT2D eigenvalue weighted by Crippen LogP contribution is -2.21. The highest BCUT2D eigenvalue weighted by molar-refractivity contribution is 4.70. The van der Waals surface area contributed by atoms with Crippen molar-refractivity contribution in [2.75, 3.05) is 19.7 Å². The van der Waals surface area contributed by atoms with Gasteiger partial charge in [0.15, 0.2) is 5.79 Å². The van der Waals surface area contributed by atoms with Gasteiger partial charge in [0.25, 0.3) is 0 Å². The molecule has 1 rings (SSSR count). The molecular formula is C11H23NO2. The fourth-order valence-electron chi connectivity index (χ4n) is 1.70. The predicted molar refractivity (Wildman–Crippen MR) is 57.3 cm³/mol. The van der Waals surface area contributed by atoms with Crippen molar-refractivity contribution in [1.29, 1.82) is 0 Å². The molecule has 3 heteroatoms. The maximum atomic E-state index is 5.71. The standard InChI is InChI=1S/C11H23NO2/c1-4-12-8-6-5-7-10-9-13-11(2,3)14-10/h10,12H,4-9H2,1-3H3. The summed E-state index contributed by atoms with van der Waals surface area (Å²) in [4.78, 5) is 0. The quantitative estimate of drug-likeness (QED) is 0.666. The topological polar surface area (TPSA) is 30.5 Å². The molecule has 0 aliphatic carbocycles. The largest absolute Gasteiger partial charge is 0.348 e. The average Bonchev–Trinajstić information content (AvgIpc) is 2.45. The Morgan fingerprint density at radius 3 is 2.71 bits per heavy atom. The second-order valence-corrected chi connectivity index (χ2v) is 4.30. The first kappa shape index (κ1) is 12.0. The van der Waals surface area contributed by atoms with Crippen molar-refractivity contribution in [2.24, 2.45) is 0 Å². The van der Waals surface area contributed by atoms with Crippen LogP contribution < -0.4 is 5.32 Å². The normalized spacial score (nSPS) is 25.5. The van der Waals surface area contributed by atoms with Gasteiger partial charge >= 0.3 is 0 Å². The van der Waals surface area contributed by atoms with Gasteiger partial charge in [0.2, 0.25) is 0 Å². The third-order valence-corrected chi connectivity index (χ3v) is 2.45. The Bertz CT molecular complexity index is 159. The summed E-state index contributed by atoms with van der Waals surface area (Å²) >= 11 is 0. The molecule has 3 nitrogen and oxygen atoms in total. The summed E-state index contributed by atoms with van der Waals surface area (Å²) in [7, 11) is 0. The molecule has 0 bridgehead atoms. The van der Waals surface area contributed by atoms with Gasteiger partial charge in [0.05, 0.1) is 12.7 Å². The third-order valence-electron chi connectivity index (χ3n) is 2.45. The van der Waals surface area contributed by atoms with Gasteiger partial charge in [-0.2, -0.15) is 0 Å². The molecule has 0 saturated carbocycles. The molecule has 1 N–H and O–H groups in total. The lowest BCUT2D eigenvalue weighted by molar-refractivity contribution is -0.139. The predicted octanol–water partition coefficient (Wildman–Crippen LogP) is 1.92. The smallest absolute Gasteiger partial charge is 0.163 e. The van der Waals surface area contributed by atoms with E-state index in [0.717, 1.165) is 26.1 Å². The van der Waals surface area contributed by atoms with Crippen LogP contribution in [0.25, 0.3) is 0 Å². The Morgan fingerprint density at radius 1 is 1.36 bits per heavy atom. The molecule has 1 unspecified atom stereocenters. The lowest BCUT2D eigenvalue weighted by Gasteiger charge is -2.16. The molecule has 1 heterocycles. The Balaban J connectivity index is 1.98. The number of hydrogen-bond acceptors (Lipinski definition) is 3. The molecule has 0 aromatic carbocycles. The van der Waals surface area contributed by atoms with E-state index in [2.05, 4.69) is 12.2 Å². The van der Waals surface area contributed by atoms with E-state index in [1.165, 1.54) is 12.8 Å². The van der Waals surface area contributed by atoms with Gasteiger partial charge in [-0.05, 0) is 46.2 Å². The van der Waals surface area contributed by atoms with Crippen LogP contribution in [0.3, 0.4) is 0 Å². The Hall–Kier alpha value is -0.120. The Labute approximate surface area is 87.2 Å². The van der Waals surface area contributed by atoms with Gasteiger partial charge in [-0.25, -0.2) is 0 Å². The minimum absolute atomic E-state index is 0.312.